The van der Waals surface area contributed by atoms with Crippen molar-refractivity contribution in [2.24, 2.45) is 5.92 Å². The number of nitrogens with zero attached hydrogens (tertiary/aromatic N) is 2. The quantitative estimate of drug-likeness (QED) is 0.436. The van der Waals surface area contributed by atoms with Gasteiger partial charge in [-0.1, -0.05) is 68.3 Å². The monoisotopic (exact) mass is 526 g/mol. The van der Waals surface area contributed by atoms with Gasteiger partial charge in [-0.2, -0.15) is 0 Å². The molecule has 30 heavy (non-hydrogen) atoms. The number of carbonyl (C=O) groups excluding carboxylic acids is 2. The Morgan fingerprint density at radius 3 is 2.10 bits per heavy atom. The van der Waals surface area contributed by atoms with Gasteiger partial charge < -0.3 is 0 Å². The first kappa shape index (κ1) is 19.5. The SMILES string of the molecule is O=C1[C@H]2[C@@H](c3cccc(Br)c3)N(c3ccccc3)O[C@H]2C(=O)N1c1cccc(Br)c1. The highest BCUT2D eigenvalue weighted by Gasteiger charge is 2.60. The molecule has 0 spiro atoms. The maximum atomic E-state index is 13.5. The molecule has 2 saturated heterocycles. The van der Waals surface area contributed by atoms with E-state index in [0.717, 1.165) is 20.2 Å². The summed E-state index contributed by atoms with van der Waals surface area (Å²) in [5.41, 5.74) is 2.24. The summed E-state index contributed by atoms with van der Waals surface area (Å²) in [7, 11) is 0. The van der Waals surface area contributed by atoms with Gasteiger partial charge in [-0.25, -0.2) is 9.96 Å². The van der Waals surface area contributed by atoms with Gasteiger partial charge in [0, 0.05) is 8.95 Å². The fourth-order valence-corrected chi connectivity index (χ4v) is 4.92. The minimum atomic E-state index is -0.874. The molecule has 3 aromatic carbocycles. The smallest absolute Gasteiger partial charge is 0.266 e. The molecule has 150 valence electrons. The topological polar surface area (TPSA) is 49.9 Å². The zero-order valence-corrected chi connectivity index (χ0v) is 18.8. The highest BCUT2D eigenvalue weighted by atomic mass is 79.9. The molecule has 0 radical (unpaired) electrons. The molecule has 7 heteroatoms. The highest BCUT2D eigenvalue weighted by molar-refractivity contribution is 9.10. The maximum absolute atomic E-state index is 13.5. The van der Waals surface area contributed by atoms with Crippen molar-refractivity contribution in [1.29, 1.82) is 0 Å². The van der Waals surface area contributed by atoms with Crippen molar-refractivity contribution in [3.05, 3.63) is 93.4 Å². The van der Waals surface area contributed by atoms with Crippen LogP contribution in [0.1, 0.15) is 11.6 Å². The lowest BCUT2D eigenvalue weighted by Crippen LogP contribution is -2.37. The van der Waals surface area contributed by atoms with Gasteiger partial charge in [0.05, 0.1) is 17.4 Å². The average Bonchev–Trinajstić information content (AvgIpc) is 3.25. The van der Waals surface area contributed by atoms with E-state index >= 15 is 0 Å². The molecule has 3 atom stereocenters. The normalized spacial score (nSPS) is 23.2. The van der Waals surface area contributed by atoms with Gasteiger partial charge in [-0.3, -0.25) is 14.4 Å². The molecule has 0 aliphatic carbocycles. The second kappa shape index (κ2) is 7.65. The third-order valence-corrected chi connectivity index (χ3v) is 6.37. The number of carbonyl (C=O) groups is 2. The first-order valence-corrected chi connectivity index (χ1v) is 11.0. The number of para-hydroxylation sites is 1. The molecule has 5 nitrogen and oxygen atoms in total. The average molecular weight is 528 g/mol. The summed E-state index contributed by atoms with van der Waals surface area (Å²) in [6.07, 6.45) is -0.874. The Hall–Kier alpha value is -2.48. The van der Waals surface area contributed by atoms with Gasteiger partial charge in [0.1, 0.15) is 5.92 Å². The van der Waals surface area contributed by atoms with Crippen LogP contribution in [0.5, 0.6) is 0 Å². The van der Waals surface area contributed by atoms with Crippen LogP contribution in [-0.4, -0.2) is 17.9 Å². The molecule has 0 saturated carbocycles. The Bertz CT molecular complexity index is 1140. The number of hydroxylamine groups is 1. The number of benzene rings is 3. The molecular formula is C23H16Br2N2O3. The zero-order chi connectivity index (χ0) is 20.8. The predicted octanol–water partition coefficient (Wildman–Crippen LogP) is 5.26. The molecule has 0 aromatic heterocycles. The van der Waals surface area contributed by atoms with Crippen LogP contribution in [0.3, 0.4) is 0 Å². The molecule has 3 aromatic rings. The molecule has 2 aliphatic heterocycles. The number of rotatable bonds is 3. The molecule has 2 fully saturated rings. The second-order valence-electron chi connectivity index (χ2n) is 7.20. The number of amides is 2. The molecule has 0 bridgehead atoms. The van der Waals surface area contributed by atoms with Crippen LogP contribution in [0.15, 0.2) is 87.8 Å². The summed E-state index contributed by atoms with van der Waals surface area (Å²) in [5, 5.41) is 1.70. The van der Waals surface area contributed by atoms with Gasteiger partial charge in [0.2, 0.25) is 5.91 Å². The van der Waals surface area contributed by atoms with E-state index in [1.807, 2.05) is 60.7 Å². The van der Waals surface area contributed by atoms with Crippen LogP contribution in [0.4, 0.5) is 11.4 Å². The fourth-order valence-electron chi connectivity index (χ4n) is 4.11. The lowest BCUT2D eigenvalue weighted by Gasteiger charge is -2.28. The summed E-state index contributed by atoms with van der Waals surface area (Å²) >= 11 is 6.93. The van der Waals surface area contributed by atoms with E-state index in [4.69, 9.17) is 4.84 Å². The van der Waals surface area contributed by atoms with E-state index in [1.54, 1.807) is 23.3 Å². The van der Waals surface area contributed by atoms with E-state index in [9.17, 15) is 9.59 Å². The van der Waals surface area contributed by atoms with Crippen LogP contribution in [0.25, 0.3) is 0 Å². The number of imide groups is 1. The van der Waals surface area contributed by atoms with Crippen LogP contribution < -0.4 is 9.96 Å². The minimum Gasteiger partial charge on any atom is -0.273 e. The highest BCUT2D eigenvalue weighted by Crippen LogP contribution is 2.47. The van der Waals surface area contributed by atoms with Crippen molar-refractivity contribution in [1.82, 2.24) is 0 Å². The fraction of sp³-hybridized carbons (Fsp3) is 0.130. The van der Waals surface area contributed by atoms with Crippen molar-refractivity contribution in [3.8, 4) is 0 Å². The Kier molecular flexibility index (Phi) is 4.97. The Morgan fingerprint density at radius 1 is 0.733 bits per heavy atom. The van der Waals surface area contributed by atoms with Crippen LogP contribution >= 0.6 is 31.9 Å². The van der Waals surface area contributed by atoms with Crippen molar-refractivity contribution >= 4 is 55.0 Å². The Labute approximate surface area is 190 Å². The van der Waals surface area contributed by atoms with Crippen molar-refractivity contribution in [2.75, 3.05) is 9.96 Å². The summed E-state index contributed by atoms with van der Waals surface area (Å²) in [6.45, 7) is 0. The zero-order valence-electron chi connectivity index (χ0n) is 15.6. The van der Waals surface area contributed by atoms with E-state index < -0.39 is 18.1 Å². The summed E-state index contributed by atoms with van der Waals surface area (Å²) in [5.74, 6) is -1.25. The van der Waals surface area contributed by atoms with Crippen LogP contribution in [0.2, 0.25) is 0 Å². The largest absolute Gasteiger partial charge is 0.273 e. The van der Waals surface area contributed by atoms with Gasteiger partial charge in [-0.05, 0) is 48.0 Å². The van der Waals surface area contributed by atoms with E-state index in [0.29, 0.717) is 5.69 Å². The third kappa shape index (κ3) is 3.17. The first-order valence-electron chi connectivity index (χ1n) is 9.44. The number of hydrogen-bond acceptors (Lipinski definition) is 4. The van der Waals surface area contributed by atoms with Crippen molar-refractivity contribution < 1.29 is 14.4 Å². The molecule has 2 amide bonds. The molecule has 2 heterocycles. The minimum absolute atomic E-state index is 0.258. The van der Waals surface area contributed by atoms with Crippen LogP contribution in [0, 0.1) is 5.92 Å². The third-order valence-electron chi connectivity index (χ3n) is 5.38. The number of hydrogen-bond donors (Lipinski definition) is 0. The first-order chi connectivity index (χ1) is 14.5. The predicted molar refractivity (Wildman–Crippen MR) is 121 cm³/mol. The summed E-state index contributed by atoms with van der Waals surface area (Å²) in [6, 6.07) is 24.1. The lowest BCUT2D eigenvalue weighted by atomic mass is 9.90. The molecule has 0 unspecified atom stereocenters. The lowest BCUT2D eigenvalue weighted by molar-refractivity contribution is -0.126. The maximum Gasteiger partial charge on any atom is 0.266 e. The summed E-state index contributed by atoms with van der Waals surface area (Å²) in [4.78, 5) is 34.2. The number of halogens is 2. The summed E-state index contributed by atoms with van der Waals surface area (Å²) < 4.78 is 1.70. The van der Waals surface area contributed by atoms with E-state index in [-0.39, 0.29) is 11.8 Å². The van der Waals surface area contributed by atoms with E-state index in [1.165, 1.54) is 4.90 Å². The molecular weight excluding hydrogens is 512 g/mol. The van der Waals surface area contributed by atoms with E-state index in [2.05, 4.69) is 31.9 Å². The molecule has 0 N–H and O–H groups in total. The number of fused-ring (bicyclic) bond motifs is 1. The van der Waals surface area contributed by atoms with Crippen molar-refractivity contribution in [2.45, 2.75) is 12.1 Å². The van der Waals surface area contributed by atoms with Gasteiger partial charge in [0.15, 0.2) is 6.10 Å². The Morgan fingerprint density at radius 2 is 1.40 bits per heavy atom. The molecule has 5 rings (SSSR count). The number of anilines is 2. The molecule has 2 aliphatic rings. The van der Waals surface area contributed by atoms with Crippen molar-refractivity contribution in [3.63, 3.8) is 0 Å². The standard InChI is InChI=1S/C23H16Br2N2O3/c24-15-7-4-6-14(12-15)20-19-21(30-27(20)17-9-2-1-3-10-17)23(29)26(22(19)28)18-11-5-8-16(25)13-18/h1-13,19-21H/t19-,20+,21+/m0/s1. The van der Waals surface area contributed by atoms with Gasteiger partial charge >= 0.3 is 0 Å². The van der Waals surface area contributed by atoms with Gasteiger partial charge in [-0.15, -0.1) is 0 Å². The van der Waals surface area contributed by atoms with Gasteiger partial charge in [0.25, 0.3) is 5.91 Å². The Balaban J connectivity index is 1.60. The van der Waals surface area contributed by atoms with Crippen LogP contribution in [-0.2, 0) is 14.4 Å². The second-order valence-corrected chi connectivity index (χ2v) is 9.04.